The molecule has 3 rings (SSSR count). The molecule has 9 heteroatoms. The van der Waals surface area contributed by atoms with Crippen LogP contribution in [0.15, 0.2) is 39.0 Å². The monoisotopic (exact) mass is 374 g/mol. The van der Waals surface area contributed by atoms with Gasteiger partial charge in [-0.1, -0.05) is 37.6 Å². The number of anilines is 1. The summed E-state index contributed by atoms with van der Waals surface area (Å²) in [6.07, 6.45) is 1.62. The Morgan fingerprint density at radius 1 is 1.31 bits per heavy atom. The van der Waals surface area contributed by atoms with Crippen molar-refractivity contribution < 1.29 is 0 Å². The van der Waals surface area contributed by atoms with Gasteiger partial charge in [0.05, 0.1) is 6.21 Å². The Kier molecular flexibility index (Phi) is 4.94. The number of H-pyrrole nitrogens is 1. The van der Waals surface area contributed by atoms with Crippen LogP contribution in [0.4, 0.5) is 5.95 Å². The van der Waals surface area contributed by atoms with Gasteiger partial charge in [0.1, 0.15) is 0 Å². The second kappa shape index (κ2) is 7.17. The molecule has 0 aliphatic heterocycles. The van der Waals surface area contributed by atoms with Crippen LogP contribution < -0.4 is 16.7 Å². The Balaban J connectivity index is 2.02. The minimum Gasteiger partial charge on any atom is -0.303 e. The van der Waals surface area contributed by atoms with Gasteiger partial charge in [-0.25, -0.2) is 10.2 Å². The summed E-state index contributed by atoms with van der Waals surface area (Å²) in [6, 6.07) is 7.20. The number of hydrogen-bond acceptors (Lipinski definition) is 5. The smallest absolute Gasteiger partial charge is 0.303 e. The van der Waals surface area contributed by atoms with Crippen LogP contribution in [0.3, 0.4) is 0 Å². The number of rotatable bonds is 5. The molecule has 3 aromatic rings. The van der Waals surface area contributed by atoms with E-state index in [0.29, 0.717) is 28.7 Å². The molecule has 0 saturated carbocycles. The van der Waals surface area contributed by atoms with E-state index < -0.39 is 11.2 Å². The SMILES string of the molecule is CC(C)Cn1c(N/N=C\c2ccc(Cl)cc2)nc2c1c(=O)[nH]c(=O)n2C. The van der Waals surface area contributed by atoms with Crippen LogP contribution in [0.1, 0.15) is 19.4 Å². The number of imidazole rings is 1. The predicted molar refractivity (Wildman–Crippen MR) is 103 cm³/mol. The average molecular weight is 375 g/mol. The molecule has 2 aromatic heterocycles. The first kappa shape index (κ1) is 17.9. The van der Waals surface area contributed by atoms with Gasteiger partial charge in [0, 0.05) is 18.6 Å². The third-order valence-corrected chi connectivity index (χ3v) is 4.05. The zero-order valence-electron chi connectivity index (χ0n) is 14.7. The number of hydrogen-bond donors (Lipinski definition) is 2. The van der Waals surface area contributed by atoms with E-state index >= 15 is 0 Å². The van der Waals surface area contributed by atoms with Crippen LogP contribution in [-0.2, 0) is 13.6 Å². The third-order valence-electron chi connectivity index (χ3n) is 3.80. The highest BCUT2D eigenvalue weighted by molar-refractivity contribution is 6.30. The largest absolute Gasteiger partial charge is 0.329 e. The summed E-state index contributed by atoms with van der Waals surface area (Å²) in [4.78, 5) is 30.8. The molecule has 26 heavy (non-hydrogen) atoms. The standard InChI is InChI=1S/C17H19ClN6O2/c1-10(2)9-24-13-14(23(3)17(26)21-15(13)25)20-16(24)22-19-8-11-4-6-12(18)7-5-11/h4-8,10H,9H2,1-3H3,(H,20,22)(H,21,25,26)/b19-8-. The minimum absolute atomic E-state index is 0.268. The zero-order valence-corrected chi connectivity index (χ0v) is 15.4. The third kappa shape index (κ3) is 3.55. The van der Waals surface area contributed by atoms with Crippen molar-refractivity contribution in [2.45, 2.75) is 20.4 Å². The van der Waals surface area contributed by atoms with Gasteiger partial charge in [0.25, 0.3) is 5.56 Å². The Labute approximate surface area is 154 Å². The molecule has 136 valence electrons. The van der Waals surface area contributed by atoms with Crippen molar-refractivity contribution in [1.29, 1.82) is 0 Å². The van der Waals surface area contributed by atoms with Crippen molar-refractivity contribution in [2.75, 3.05) is 5.43 Å². The van der Waals surface area contributed by atoms with Gasteiger partial charge in [-0.15, -0.1) is 0 Å². The number of fused-ring (bicyclic) bond motifs is 1. The fourth-order valence-electron chi connectivity index (χ4n) is 2.58. The van der Waals surface area contributed by atoms with Crippen LogP contribution in [0.5, 0.6) is 0 Å². The van der Waals surface area contributed by atoms with Crippen LogP contribution in [0, 0.1) is 5.92 Å². The van der Waals surface area contributed by atoms with Crippen LogP contribution >= 0.6 is 11.6 Å². The van der Waals surface area contributed by atoms with E-state index in [1.54, 1.807) is 30.0 Å². The first-order valence-corrected chi connectivity index (χ1v) is 8.49. The van der Waals surface area contributed by atoms with Crippen LogP contribution in [-0.4, -0.2) is 25.3 Å². The Morgan fingerprint density at radius 2 is 2.00 bits per heavy atom. The molecule has 0 amide bonds. The molecule has 1 aromatic carbocycles. The number of benzene rings is 1. The molecule has 2 N–H and O–H groups in total. The minimum atomic E-state index is -0.507. The van der Waals surface area contributed by atoms with Crippen molar-refractivity contribution in [2.24, 2.45) is 18.1 Å². The highest BCUT2D eigenvalue weighted by Gasteiger charge is 2.17. The number of nitrogens with one attached hydrogen (secondary N) is 2. The van der Waals surface area contributed by atoms with E-state index in [1.165, 1.54) is 4.57 Å². The van der Waals surface area contributed by atoms with Gasteiger partial charge in [0.2, 0.25) is 5.95 Å². The van der Waals surface area contributed by atoms with Gasteiger partial charge in [0.15, 0.2) is 11.2 Å². The van der Waals surface area contributed by atoms with Crippen molar-refractivity contribution in [3.05, 3.63) is 55.7 Å². The first-order valence-electron chi connectivity index (χ1n) is 8.11. The Bertz CT molecular complexity index is 1080. The fourth-order valence-corrected chi connectivity index (χ4v) is 2.70. The average Bonchev–Trinajstić information content (AvgIpc) is 2.93. The van der Waals surface area contributed by atoms with Crippen molar-refractivity contribution in [1.82, 2.24) is 19.1 Å². The molecule has 2 heterocycles. The van der Waals surface area contributed by atoms with E-state index in [9.17, 15) is 9.59 Å². The van der Waals surface area contributed by atoms with Gasteiger partial charge in [-0.05, 0) is 23.6 Å². The fraction of sp³-hybridized carbons (Fsp3) is 0.294. The van der Waals surface area contributed by atoms with E-state index in [-0.39, 0.29) is 5.92 Å². The maximum atomic E-state index is 12.3. The molecule has 0 saturated heterocycles. The zero-order chi connectivity index (χ0) is 18.8. The summed E-state index contributed by atoms with van der Waals surface area (Å²) in [5.41, 5.74) is 3.40. The van der Waals surface area contributed by atoms with Crippen LogP contribution in [0.25, 0.3) is 11.2 Å². The maximum absolute atomic E-state index is 12.3. The van der Waals surface area contributed by atoms with Crippen LogP contribution in [0.2, 0.25) is 5.02 Å². The van der Waals surface area contributed by atoms with E-state index in [1.807, 2.05) is 26.0 Å². The lowest BCUT2D eigenvalue weighted by Gasteiger charge is -2.10. The number of aryl methyl sites for hydroxylation is 1. The summed E-state index contributed by atoms with van der Waals surface area (Å²) in [7, 11) is 1.56. The normalized spacial score (nSPS) is 11.7. The molecular weight excluding hydrogens is 356 g/mol. The second-order valence-corrected chi connectivity index (χ2v) is 6.79. The summed E-state index contributed by atoms with van der Waals surface area (Å²) in [5.74, 6) is 0.662. The molecule has 0 aliphatic rings. The maximum Gasteiger partial charge on any atom is 0.329 e. The van der Waals surface area contributed by atoms with E-state index in [4.69, 9.17) is 11.6 Å². The summed E-state index contributed by atoms with van der Waals surface area (Å²) in [6.45, 7) is 4.61. The molecule has 0 bridgehead atoms. The van der Waals surface area contributed by atoms with Crippen molar-refractivity contribution in [3.63, 3.8) is 0 Å². The molecule has 0 spiro atoms. The summed E-state index contributed by atoms with van der Waals surface area (Å²) >= 11 is 5.86. The number of aromatic nitrogens is 4. The number of hydrazone groups is 1. The van der Waals surface area contributed by atoms with Gasteiger partial charge in [-0.3, -0.25) is 14.3 Å². The second-order valence-electron chi connectivity index (χ2n) is 6.35. The molecule has 0 aliphatic carbocycles. The Morgan fingerprint density at radius 3 is 2.65 bits per heavy atom. The summed E-state index contributed by atoms with van der Waals surface area (Å²) < 4.78 is 3.04. The highest BCUT2D eigenvalue weighted by Crippen LogP contribution is 2.17. The first-order chi connectivity index (χ1) is 12.4. The highest BCUT2D eigenvalue weighted by atomic mass is 35.5. The van der Waals surface area contributed by atoms with Gasteiger partial charge in [-0.2, -0.15) is 10.1 Å². The van der Waals surface area contributed by atoms with Crippen molar-refractivity contribution in [3.8, 4) is 0 Å². The number of aromatic amines is 1. The molecule has 8 nitrogen and oxygen atoms in total. The number of nitrogens with zero attached hydrogens (tertiary/aromatic N) is 4. The topological polar surface area (TPSA) is 97.1 Å². The van der Waals surface area contributed by atoms with Gasteiger partial charge < -0.3 is 4.57 Å². The molecule has 0 radical (unpaired) electrons. The molecule has 0 atom stereocenters. The quantitative estimate of drug-likeness (QED) is 0.528. The lowest BCUT2D eigenvalue weighted by molar-refractivity contribution is 0.535. The molecule has 0 unspecified atom stereocenters. The van der Waals surface area contributed by atoms with Crippen molar-refractivity contribution >= 4 is 34.9 Å². The summed E-state index contributed by atoms with van der Waals surface area (Å²) in [5, 5.41) is 4.83. The molecule has 0 fully saturated rings. The number of halogens is 1. The van der Waals surface area contributed by atoms with Gasteiger partial charge >= 0.3 is 5.69 Å². The molecular formula is C17H19ClN6O2. The lowest BCUT2D eigenvalue weighted by atomic mass is 10.2. The lowest BCUT2D eigenvalue weighted by Crippen LogP contribution is -2.29. The van der Waals surface area contributed by atoms with E-state index in [0.717, 1.165) is 5.56 Å². The predicted octanol–water partition coefficient (Wildman–Crippen LogP) is 2.18. The Hall–Kier alpha value is -2.87. The van der Waals surface area contributed by atoms with E-state index in [2.05, 4.69) is 20.5 Å².